The number of hydrogen-bond acceptors (Lipinski definition) is 4. The molecule has 3 amide bonds. The number of aromatic carboxylic acids is 1. The molecule has 0 saturated carbocycles. The number of amides is 3. The Morgan fingerprint density at radius 2 is 1.94 bits per heavy atom. The molecule has 1 rings (SSSR count). The summed E-state index contributed by atoms with van der Waals surface area (Å²) in [6, 6.07) is 5.39. The first kappa shape index (κ1) is 14.0. The predicted molar refractivity (Wildman–Crippen MR) is 66.4 cm³/mol. The molecule has 4 N–H and O–H groups in total. The van der Waals surface area contributed by atoms with E-state index in [0.29, 0.717) is 4.90 Å². The van der Waals surface area contributed by atoms with E-state index in [1.54, 1.807) is 25.1 Å². The van der Waals surface area contributed by atoms with Crippen LogP contribution in [-0.4, -0.2) is 28.3 Å². The molecule has 0 saturated heterocycles. The zero-order chi connectivity index (χ0) is 13.7. The van der Waals surface area contributed by atoms with Gasteiger partial charge in [0.05, 0.1) is 10.8 Å². The summed E-state index contributed by atoms with van der Waals surface area (Å²) >= 11 is 1.05. The fourth-order valence-electron chi connectivity index (χ4n) is 1.21. The molecule has 0 fully saturated rings. The first-order valence-corrected chi connectivity index (χ1v) is 5.89. The Bertz CT molecular complexity index is 490. The van der Waals surface area contributed by atoms with Crippen molar-refractivity contribution in [3.05, 3.63) is 29.8 Å². The van der Waals surface area contributed by atoms with Gasteiger partial charge in [0.25, 0.3) is 0 Å². The summed E-state index contributed by atoms with van der Waals surface area (Å²) in [4.78, 5) is 33.4. The van der Waals surface area contributed by atoms with Gasteiger partial charge in [-0.05, 0) is 19.1 Å². The van der Waals surface area contributed by atoms with E-state index in [0.717, 1.165) is 11.8 Å². The number of nitrogens with one attached hydrogen (secondary N) is 1. The van der Waals surface area contributed by atoms with Gasteiger partial charge in [-0.25, -0.2) is 9.59 Å². The zero-order valence-corrected chi connectivity index (χ0v) is 10.4. The molecule has 18 heavy (non-hydrogen) atoms. The zero-order valence-electron chi connectivity index (χ0n) is 9.54. The minimum absolute atomic E-state index is 0.112. The summed E-state index contributed by atoms with van der Waals surface area (Å²) in [5.41, 5.74) is 4.94. The molecule has 6 nitrogen and oxygen atoms in total. The highest BCUT2D eigenvalue weighted by Gasteiger charge is 2.18. The van der Waals surface area contributed by atoms with E-state index in [9.17, 15) is 14.4 Å². The maximum atomic E-state index is 11.5. The summed E-state index contributed by atoms with van der Waals surface area (Å²) < 4.78 is 0. The maximum Gasteiger partial charge on any atom is 0.336 e. The van der Waals surface area contributed by atoms with E-state index in [1.807, 2.05) is 5.32 Å². The van der Waals surface area contributed by atoms with Gasteiger partial charge in [-0.1, -0.05) is 12.1 Å². The minimum Gasteiger partial charge on any atom is -0.478 e. The Labute approximate surface area is 108 Å². The molecule has 0 aliphatic carbocycles. The Balaban J connectivity index is 2.81. The maximum absolute atomic E-state index is 11.5. The van der Waals surface area contributed by atoms with Crippen LogP contribution in [0.5, 0.6) is 0 Å². The number of carbonyl (C=O) groups is 3. The third-order valence-corrected chi connectivity index (χ3v) is 3.21. The molecule has 0 unspecified atom stereocenters. The number of benzene rings is 1. The predicted octanol–water partition coefficient (Wildman–Crippen LogP) is 1.06. The third kappa shape index (κ3) is 3.77. The smallest absolute Gasteiger partial charge is 0.336 e. The van der Waals surface area contributed by atoms with Crippen molar-refractivity contribution in [1.82, 2.24) is 5.32 Å². The summed E-state index contributed by atoms with van der Waals surface area (Å²) in [5, 5.41) is 10.3. The lowest BCUT2D eigenvalue weighted by molar-refractivity contribution is -0.119. The summed E-state index contributed by atoms with van der Waals surface area (Å²) in [5.74, 6) is -1.63. The van der Waals surface area contributed by atoms with Crippen LogP contribution in [-0.2, 0) is 4.79 Å². The highest BCUT2D eigenvalue weighted by molar-refractivity contribution is 8.00. The van der Waals surface area contributed by atoms with Crippen LogP contribution >= 0.6 is 11.8 Å². The van der Waals surface area contributed by atoms with E-state index in [-0.39, 0.29) is 5.56 Å². The molecule has 0 aliphatic rings. The van der Waals surface area contributed by atoms with Gasteiger partial charge in [-0.15, -0.1) is 11.8 Å². The van der Waals surface area contributed by atoms with Gasteiger partial charge < -0.3 is 10.8 Å². The molecule has 0 heterocycles. The molecule has 0 radical (unpaired) electrons. The molecular formula is C11H12N2O4S. The molecule has 7 heteroatoms. The Morgan fingerprint density at radius 3 is 2.50 bits per heavy atom. The minimum atomic E-state index is -1.07. The SMILES string of the molecule is C[C@H](Sc1ccccc1C(=O)O)C(=O)NC(N)=O. The number of nitrogens with two attached hydrogens (primary N) is 1. The molecule has 96 valence electrons. The van der Waals surface area contributed by atoms with Crippen molar-refractivity contribution in [3.63, 3.8) is 0 Å². The molecule has 0 aliphatic heterocycles. The van der Waals surface area contributed by atoms with Crippen LogP contribution in [0.15, 0.2) is 29.2 Å². The topological polar surface area (TPSA) is 109 Å². The van der Waals surface area contributed by atoms with Gasteiger partial charge in [-0.3, -0.25) is 10.1 Å². The number of carboxylic acid groups (broad SMARTS) is 1. The third-order valence-electron chi connectivity index (χ3n) is 2.04. The Morgan fingerprint density at radius 1 is 1.33 bits per heavy atom. The fraction of sp³-hybridized carbons (Fsp3) is 0.182. The first-order chi connectivity index (χ1) is 8.41. The van der Waals surface area contributed by atoms with E-state index in [4.69, 9.17) is 10.8 Å². The second kappa shape index (κ2) is 6.06. The van der Waals surface area contributed by atoms with E-state index in [1.165, 1.54) is 6.07 Å². The van der Waals surface area contributed by atoms with E-state index in [2.05, 4.69) is 0 Å². The monoisotopic (exact) mass is 268 g/mol. The lowest BCUT2D eigenvalue weighted by Gasteiger charge is -2.11. The number of carbonyl (C=O) groups excluding carboxylic acids is 2. The van der Waals surface area contributed by atoms with Gasteiger partial charge in [-0.2, -0.15) is 0 Å². The second-order valence-electron chi connectivity index (χ2n) is 3.41. The quantitative estimate of drug-likeness (QED) is 0.707. The van der Waals surface area contributed by atoms with Crippen LogP contribution in [0.2, 0.25) is 0 Å². The number of hydrogen-bond donors (Lipinski definition) is 3. The van der Waals surface area contributed by atoms with Gasteiger partial charge in [0.15, 0.2) is 0 Å². The number of thioether (sulfide) groups is 1. The van der Waals surface area contributed by atoms with Crippen LogP contribution < -0.4 is 11.1 Å². The molecule has 0 spiro atoms. The molecule has 0 bridgehead atoms. The number of imide groups is 1. The summed E-state index contributed by atoms with van der Waals surface area (Å²) in [6.07, 6.45) is 0. The number of urea groups is 1. The van der Waals surface area contributed by atoms with E-state index < -0.39 is 23.2 Å². The first-order valence-electron chi connectivity index (χ1n) is 5.01. The molecule has 1 aromatic carbocycles. The number of primary amides is 1. The van der Waals surface area contributed by atoms with Crippen molar-refractivity contribution in [2.45, 2.75) is 17.1 Å². The lowest BCUT2D eigenvalue weighted by atomic mass is 10.2. The molecular weight excluding hydrogens is 256 g/mol. The van der Waals surface area contributed by atoms with Gasteiger partial charge in [0.1, 0.15) is 0 Å². The highest BCUT2D eigenvalue weighted by Crippen LogP contribution is 2.26. The number of carboxylic acids is 1. The number of rotatable bonds is 4. The van der Waals surface area contributed by atoms with Crippen LogP contribution in [0.1, 0.15) is 17.3 Å². The van der Waals surface area contributed by atoms with Gasteiger partial charge in [0.2, 0.25) is 5.91 Å². The van der Waals surface area contributed by atoms with Crippen molar-refractivity contribution in [1.29, 1.82) is 0 Å². The van der Waals surface area contributed by atoms with Crippen LogP contribution in [0.4, 0.5) is 4.79 Å². The van der Waals surface area contributed by atoms with E-state index >= 15 is 0 Å². The van der Waals surface area contributed by atoms with Crippen molar-refractivity contribution >= 4 is 29.7 Å². The second-order valence-corrected chi connectivity index (χ2v) is 4.80. The van der Waals surface area contributed by atoms with Crippen molar-refractivity contribution in [3.8, 4) is 0 Å². The standard InChI is InChI=1S/C11H12N2O4S/c1-6(9(14)13-11(12)17)18-8-5-3-2-4-7(8)10(15)16/h2-6H,1H3,(H,15,16)(H3,12,13,14,17)/t6-/m0/s1. The summed E-state index contributed by atoms with van der Waals surface area (Å²) in [7, 11) is 0. The largest absolute Gasteiger partial charge is 0.478 e. The van der Waals surface area contributed by atoms with Crippen LogP contribution in [0.25, 0.3) is 0 Å². The molecule has 1 atom stereocenters. The average molecular weight is 268 g/mol. The van der Waals surface area contributed by atoms with Gasteiger partial charge in [0, 0.05) is 4.90 Å². The van der Waals surface area contributed by atoms with Crippen molar-refractivity contribution in [2.75, 3.05) is 0 Å². The van der Waals surface area contributed by atoms with Crippen molar-refractivity contribution in [2.24, 2.45) is 5.73 Å². The van der Waals surface area contributed by atoms with Gasteiger partial charge >= 0.3 is 12.0 Å². The summed E-state index contributed by atoms with van der Waals surface area (Å²) in [6.45, 7) is 1.56. The molecule has 1 aromatic rings. The van der Waals surface area contributed by atoms with Crippen molar-refractivity contribution < 1.29 is 19.5 Å². The molecule has 0 aromatic heterocycles. The highest BCUT2D eigenvalue weighted by atomic mass is 32.2. The normalized spacial score (nSPS) is 11.6. The fourth-order valence-corrected chi connectivity index (χ4v) is 2.20. The Hall–Kier alpha value is -2.02. The van der Waals surface area contributed by atoms with Crippen LogP contribution in [0, 0.1) is 0 Å². The Kier molecular flexibility index (Phi) is 4.73. The van der Waals surface area contributed by atoms with Crippen LogP contribution in [0.3, 0.4) is 0 Å². The lowest BCUT2D eigenvalue weighted by Crippen LogP contribution is -2.39. The average Bonchev–Trinajstić information content (AvgIpc) is 2.28.